The Morgan fingerprint density at radius 1 is 1.20 bits per heavy atom. The van der Waals surface area contributed by atoms with Crippen LogP contribution in [-0.2, 0) is 19.6 Å². The zero-order valence-electron chi connectivity index (χ0n) is 9.12. The Morgan fingerprint density at radius 3 is 1.75 bits per heavy atom. The Labute approximate surface area is 122 Å². The van der Waals surface area contributed by atoms with Crippen LogP contribution in [0.4, 0.5) is 22.8 Å². The second-order valence-electron chi connectivity index (χ2n) is 2.69. The number of carbonyl (C=O) groups is 2. The first-order chi connectivity index (χ1) is 8.27. The molecule has 0 heterocycles. The molecule has 14 heteroatoms. The molecule has 0 saturated carbocycles. The molecule has 0 aromatic carbocycles. The van der Waals surface area contributed by atoms with Gasteiger partial charge >= 0.3 is 46.8 Å². The monoisotopic (exact) mass is 322 g/mol. The van der Waals surface area contributed by atoms with Crippen molar-refractivity contribution in [2.24, 2.45) is 0 Å². The van der Waals surface area contributed by atoms with Crippen molar-refractivity contribution < 1.29 is 55.4 Å². The molecule has 0 fully saturated rings. The maximum atomic E-state index is 10.7. The van der Waals surface area contributed by atoms with Crippen LogP contribution in [-0.4, -0.2) is 72.6 Å². The summed E-state index contributed by atoms with van der Waals surface area (Å²) in [6.07, 6.45) is -3.68. The summed E-state index contributed by atoms with van der Waals surface area (Å²) in [5, 5.41) is 16.0. The fourth-order valence-corrected chi connectivity index (χ4v) is 0.395. The van der Waals surface area contributed by atoms with Gasteiger partial charge in [0, 0.05) is 0 Å². The van der Waals surface area contributed by atoms with Gasteiger partial charge in [-0.1, -0.05) is 0 Å². The molecule has 0 saturated heterocycles. The molecule has 0 aliphatic carbocycles. The van der Waals surface area contributed by atoms with Gasteiger partial charge in [-0.2, -0.15) is 21.6 Å². The van der Waals surface area contributed by atoms with E-state index in [1.165, 1.54) is 6.92 Å². The molecule has 116 valence electrons. The van der Waals surface area contributed by atoms with Crippen LogP contribution in [0.15, 0.2) is 0 Å². The average molecular weight is 322 g/mol. The van der Waals surface area contributed by atoms with Crippen molar-refractivity contribution in [3.63, 3.8) is 0 Å². The van der Waals surface area contributed by atoms with Crippen molar-refractivity contribution in [3.05, 3.63) is 0 Å². The van der Waals surface area contributed by atoms with Crippen LogP contribution < -0.4 is 0 Å². The van der Waals surface area contributed by atoms with E-state index in [1.807, 2.05) is 0 Å². The van der Waals surface area contributed by atoms with Gasteiger partial charge in [0.2, 0.25) is 0 Å². The van der Waals surface area contributed by atoms with Crippen molar-refractivity contribution in [2.45, 2.75) is 18.5 Å². The summed E-state index contributed by atoms with van der Waals surface area (Å²) >= 11 is 0. The maximum absolute atomic E-state index is 10.7. The Kier molecular flexibility index (Phi) is 11.6. The molecule has 0 aliphatic heterocycles. The van der Waals surface area contributed by atoms with Crippen LogP contribution in [0.25, 0.3) is 0 Å². The van der Waals surface area contributed by atoms with E-state index in [-0.39, 0.29) is 25.5 Å². The van der Waals surface area contributed by atoms with Crippen LogP contribution in [0.2, 0.25) is 0 Å². The Balaban J connectivity index is -0.000000288. The van der Waals surface area contributed by atoms with E-state index >= 15 is 0 Å². The van der Waals surface area contributed by atoms with Crippen molar-refractivity contribution in [2.75, 3.05) is 6.61 Å². The molecule has 0 rings (SSSR count). The molecular formula is C6H10F3LiO9S. The van der Waals surface area contributed by atoms with Crippen LogP contribution in [0.3, 0.4) is 0 Å². The molecule has 0 bridgehead atoms. The van der Waals surface area contributed by atoms with Crippen molar-refractivity contribution >= 4 is 41.3 Å². The number of carboxylic acid groups (broad SMARTS) is 2. The number of hydrogen-bond donors (Lipinski definition) is 3. The predicted molar refractivity (Wildman–Crippen MR) is 57.3 cm³/mol. The van der Waals surface area contributed by atoms with Gasteiger partial charge in [0.25, 0.3) is 0 Å². The Hall–Kier alpha value is -1.16. The first kappa shape index (κ1) is 23.9. The second kappa shape index (κ2) is 9.70. The number of halogens is 3. The van der Waals surface area contributed by atoms with E-state index < -0.39 is 34.0 Å². The number of hydrogen-bond acceptors (Lipinski definition) is 6. The molecule has 0 aliphatic rings. The fourth-order valence-electron chi connectivity index (χ4n) is 0.395. The summed E-state index contributed by atoms with van der Waals surface area (Å²) in [7, 11) is -5.84. The van der Waals surface area contributed by atoms with Gasteiger partial charge in [0.1, 0.15) is 12.7 Å². The van der Waals surface area contributed by atoms with Gasteiger partial charge in [-0.25, -0.2) is 9.59 Å². The van der Waals surface area contributed by atoms with E-state index in [0.29, 0.717) is 0 Å². The minimum absolute atomic E-state index is 0. The summed E-state index contributed by atoms with van der Waals surface area (Å²) in [6.45, 7) is 1.10. The third-order valence-corrected chi connectivity index (χ3v) is 1.62. The third-order valence-electron chi connectivity index (χ3n) is 1.04. The van der Waals surface area contributed by atoms with Crippen LogP contribution >= 0.6 is 0 Å². The standard InChI is InChI=1S/C5H8O6.CHF3O3S.Li.H/c1-3(11-5(8)9)2-10-4(6)7;2-1(3,4)8(5,6)7;;/h3H,2H2,1H3,(H,6,7)(H,8,9);(H,5,6,7);;. The normalized spacial score (nSPS) is 12.1. The van der Waals surface area contributed by atoms with Gasteiger partial charge in [-0.3, -0.25) is 4.55 Å². The van der Waals surface area contributed by atoms with Gasteiger partial charge in [0.15, 0.2) is 0 Å². The molecule has 0 spiro atoms. The van der Waals surface area contributed by atoms with E-state index in [1.54, 1.807) is 0 Å². The van der Waals surface area contributed by atoms with E-state index in [4.69, 9.17) is 23.2 Å². The molecule has 0 amide bonds. The van der Waals surface area contributed by atoms with Crippen molar-refractivity contribution in [3.8, 4) is 0 Å². The van der Waals surface area contributed by atoms with E-state index in [0.717, 1.165) is 0 Å². The van der Waals surface area contributed by atoms with Gasteiger partial charge in [0.05, 0.1) is 0 Å². The van der Waals surface area contributed by atoms with Gasteiger partial charge < -0.3 is 19.7 Å². The summed E-state index contributed by atoms with van der Waals surface area (Å²) in [5.41, 5.74) is -5.53. The molecule has 1 unspecified atom stereocenters. The molecule has 3 N–H and O–H groups in total. The molecule has 9 nitrogen and oxygen atoms in total. The molecule has 0 radical (unpaired) electrons. The zero-order chi connectivity index (χ0) is 15.9. The molecule has 0 aromatic rings. The van der Waals surface area contributed by atoms with Crippen molar-refractivity contribution in [1.82, 2.24) is 0 Å². The second-order valence-corrected chi connectivity index (χ2v) is 4.11. The van der Waals surface area contributed by atoms with Crippen LogP contribution in [0.5, 0.6) is 0 Å². The molecular weight excluding hydrogens is 312 g/mol. The fraction of sp³-hybridized carbons (Fsp3) is 0.667. The van der Waals surface area contributed by atoms with Crippen LogP contribution in [0, 0.1) is 0 Å². The first-order valence-corrected chi connectivity index (χ1v) is 5.50. The third kappa shape index (κ3) is 14.9. The van der Waals surface area contributed by atoms with Gasteiger partial charge in [-0.05, 0) is 6.92 Å². The first-order valence-electron chi connectivity index (χ1n) is 4.06. The minimum atomic E-state index is -5.84. The topological polar surface area (TPSA) is 147 Å². The molecule has 1 atom stereocenters. The SMILES string of the molecule is CC(COC(=O)O)OC(=O)O.O=S(=O)(O)C(F)(F)F.[LiH]. The summed E-state index contributed by atoms with van der Waals surface area (Å²) < 4.78 is 65.7. The quantitative estimate of drug-likeness (QED) is 0.292. The Morgan fingerprint density at radius 2 is 1.55 bits per heavy atom. The predicted octanol–water partition coefficient (Wildman–Crippen LogP) is 0.510. The number of rotatable bonds is 3. The van der Waals surface area contributed by atoms with Crippen LogP contribution in [0.1, 0.15) is 6.92 Å². The average Bonchev–Trinajstić information content (AvgIpc) is 2.11. The van der Waals surface area contributed by atoms with Crippen molar-refractivity contribution in [1.29, 1.82) is 0 Å². The summed E-state index contributed by atoms with van der Waals surface area (Å²) in [5.74, 6) is 0. The zero-order valence-corrected chi connectivity index (χ0v) is 9.93. The molecule has 0 aromatic heterocycles. The summed E-state index contributed by atoms with van der Waals surface area (Å²) in [6, 6.07) is 0. The number of ether oxygens (including phenoxy) is 2. The Bertz CT molecular complexity index is 406. The van der Waals surface area contributed by atoms with E-state index in [2.05, 4.69) is 9.47 Å². The van der Waals surface area contributed by atoms with E-state index in [9.17, 15) is 22.8 Å². The molecule has 20 heavy (non-hydrogen) atoms. The summed E-state index contributed by atoms with van der Waals surface area (Å²) in [4.78, 5) is 19.6. The number of alkyl halides is 3. The van der Waals surface area contributed by atoms with Gasteiger partial charge in [-0.15, -0.1) is 0 Å².